The van der Waals surface area contributed by atoms with Crippen molar-refractivity contribution < 1.29 is 0 Å². The van der Waals surface area contributed by atoms with Crippen LogP contribution in [0.15, 0.2) is 0 Å². The lowest BCUT2D eigenvalue weighted by Gasteiger charge is -2.29. The van der Waals surface area contributed by atoms with Gasteiger partial charge in [0.15, 0.2) is 0 Å². The Morgan fingerprint density at radius 1 is 1.27 bits per heavy atom. The summed E-state index contributed by atoms with van der Waals surface area (Å²) >= 11 is 6.04. The van der Waals surface area contributed by atoms with E-state index in [1.165, 1.54) is 32.1 Å². The number of aryl methyl sites for hydroxylation is 1. The van der Waals surface area contributed by atoms with Gasteiger partial charge >= 0.3 is 0 Å². The summed E-state index contributed by atoms with van der Waals surface area (Å²) in [4.78, 5) is 0. The minimum atomic E-state index is 0.523. The molecule has 4 heteroatoms. The maximum atomic E-state index is 6.04. The molecule has 1 aliphatic rings. The minimum Gasteiger partial charge on any atom is -0.299 e. The van der Waals surface area contributed by atoms with Crippen LogP contribution >= 0.6 is 11.6 Å². The maximum Gasteiger partial charge on any atom is 0.225 e. The normalized spacial score (nSPS) is 26.9. The summed E-state index contributed by atoms with van der Waals surface area (Å²) in [7, 11) is 0. The summed E-state index contributed by atoms with van der Waals surface area (Å²) in [6.45, 7) is 4.26. The first-order valence-corrected chi connectivity index (χ1v) is 6.17. The average Bonchev–Trinajstić information content (AvgIpc) is 2.59. The van der Waals surface area contributed by atoms with Crippen molar-refractivity contribution in [3.05, 3.63) is 11.1 Å². The first-order chi connectivity index (χ1) is 7.22. The van der Waals surface area contributed by atoms with Crippen molar-refractivity contribution in [2.75, 3.05) is 0 Å². The molecule has 0 unspecified atom stereocenters. The topological polar surface area (TPSA) is 30.7 Å². The van der Waals surface area contributed by atoms with Gasteiger partial charge in [-0.25, -0.2) is 0 Å². The summed E-state index contributed by atoms with van der Waals surface area (Å²) in [5, 5.41) is 8.47. The largest absolute Gasteiger partial charge is 0.299 e. The lowest BCUT2D eigenvalue weighted by molar-refractivity contribution is 0.267. The van der Waals surface area contributed by atoms with Crippen LogP contribution in [0, 0.1) is 12.8 Å². The van der Waals surface area contributed by atoms with E-state index in [2.05, 4.69) is 21.7 Å². The molecule has 1 saturated carbocycles. The smallest absolute Gasteiger partial charge is 0.225 e. The van der Waals surface area contributed by atoms with E-state index >= 15 is 0 Å². The van der Waals surface area contributed by atoms with Gasteiger partial charge in [0.2, 0.25) is 5.28 Å². The van der Waals surface area contributed by atoms with E-state index in [4.69, 9.17) is 11.6 Å². The molecule has 0 spiro atoms. The van der Waals surface area contributed by atoms with Gasteiger partial charge in [0.05, 0.1) is 0 Å². The third-order valence-electron chi connectivity index (χ3n) is 3.58. The van der Waals surface area contributed by atoms with Gasteiger partial charge in [-0.1, -0.05) is 13.3 Å². The number of nitrogens with zero attached hydrogens (tertiary/aromatic N) is 3. The number of aromatic nitrogens is 3. The fourth-order valence-electron chi connectivity index (χ4n) is 2.57. The molecule has 2 rings (SSSR count). The molecular formula is C11H18ClN3. The number of hydrogen-bond acceptors (Lipinski definition) is 2. The monoisotopic (exact) mass is 227 g/mol. The third-order valence-corrected chi connectivity index (χ3v) is 3.84. The van der Waals surface area contributed by atoms with Crippen LogP contribution in [0.2, 0.25) is 5.28 Å². The van der Waals surface area contributed by atoms with Crippen molar-refractivity contribution in [3.8, 4) is 0 Å². The van der Waals surface area contributed by atoms with Crippen LogP contribution in [0.5, 0.6) is 0 Å². The van der Waals surface area contributed by atoms with E-state index in [1.807, 2.05) is 6.92 Å². The molecular weight excluding hydrogens is 210 g/mol. The fourth-order valence-corrected chi connectivity index (χ4v) is 2.87. The molecule has 0 amide bonds. The molecule has 0 radical (unpaired) electrons. The van der Waals surface area contributed by atoms with Crippen LogP contribution in [-0.4, -0.2) is 14.8 Å². The molecule has 0 atom stereocenters. The molecule has 1 fully saturated rings. The maximum absolute atomic E-state index is 6.04. The standard InChI is InChI=1S/C11H18ClN3/c1-3-9-4-6-10(7-5-9)15-8(2)13-14-11(15)12/h9-10H,3-7H2,1-2H3. The molecule has 0 N–H and O–H groups in total. The highest BCUT2D eigenvalue weighted by atomic mass is 35.5. The molecule has 15 heavy (non-hydrogen) atoms. The van der Waals surface area contributed by atoms with Gasteiger partial charge in [-0.3, -0.25) is 4.57 Å². The highest BCUT2D eigenvalue weighted by Gasteiger charge is 2.24. The van der Waals surface area contributed by atoms with Gasteiger partial charge in [-0.2, -0.15) is 0 Å². The zero-order valence-electron chi connectivity index (χ0n) is 9.41. The van der Waals surface area contributed by atoms with Gasteiger partial charge in [0.25, 0.3) is 0 Å². The predicted octanol–water partition coefficient (Wildman–Crippen LogP) is 3.38. The first kappa shape index (κ1) is 10.9. The van der Waals surface area contributed by atoms with Crippen LogP contribution in [0.1, 0.15) is 50.9 Å². The quantitative estimate of drug-likeness (QED) is 0.776. The van der Waals surface area contributed by atoms with Gasteiger partial charge in [-0.05, 0) is 50.1 Å². The Hall–Kier alpha value is -0.570. The molecule has 0 bridgehead atoms. The van der Waals surface area contributed by atoms with E-state index in [-0.39, 0.29) is 0 Å². The Morgan fingerprint density at radius 3 is 2.40 bits per heavy atom. The molecule has 0 saturated heterocycles. The van der Waals surface area contributed by atoms with E-state index < -0.39 is 0 Å². The molecule has 1 aromatic heterocycles. The highest BCUT2D eigenvalue weighted by Crippen LogP contribution is 2.35. The molecule has 0 aliphatic heterocycles. The zero-order valence-corrected chi connectivity index (χ0v) is 10.2. The minimum absolute atomic E-state index is 0.523. The van der Waals surface area contributed by atoms with Crippen LogP contribution in [0.4, 0.5) is 0 Å². The van der Waals surface area contributed by atoms with Crippen molar-refractivity contribution in [1.29, 1.82) is 0 Å². The second-order valence-corrected chi connectivity index (χ2v) is 4.81. The summed E-state index contributed by atoms with van der Waals surface area (Å²) in [5.41, 5.74) is 0. The van der Waals surface area contributed by atoms with Crippen molar-refractivity contribution in [3.63, 3.8) is 0 Å². The first-order valence-electron chi connectivity index (χ1n) is 5.79. The van der Waals surface area contributed by atoms with Gasteiger partial charge in [0, 0.05) is 6.04 Å². The van der Waals surface area contributed by atoms with Crippen LogP contribution in [0.3, 0.4) is 0 Å². The molecule has 84 valence electrons. The van der Waals surface area contributed by atoms with Crippen molar-refractivity contribution in [2.45, 2.75) is 52.0 Å². The molecule has 1 aliphatic carbocycles. The number of rotatable bonds is 2. The predicted molar refractivity (Wildman–Crippen MR) is 61.1 cm³/mol. The van der Waals surface area contributed by atoms with Crippen molar-refractivity contribution in [2.24, 2.45) is 5.92 Å². The van der Waals surface area contributed by atoms with E-state index in [9.17, 15) is 0 Å². The summed E-state index contributed by atoms with van der Waals surface area (Å²) in [6.07, 6.45) is 6.38. The fraction of sp³-hybridized carbons (Fsp3) is 0.818. The second kappa shape index (κ2) is 4.52. The van der Waals surface area contributed by atoms with Crippen LogP contribution in [0.25, 0.3) is 0 Å². The van der Waals surface area contributed by atoms with Crippen LogP contribution in [-0.2, 0) is 0 Å². The van der Waals surface area contributed by atoms with Gasteiger partial charge in [0.1, 0.15) is 5.82 Å². The molecule has 0 aromatic carbocycles. The van der Waals surface area contributed by atoms with Gasteiger partial charge in [-0.15, -0.1) is 10.2 Å². The second-order valence-electron chi connectivity index (χ2n) is 4.47. The Labute approximate surface area is 95.8 Å². The lowest BCUT2D eigenvalue weighted by Crippen LogP contribution is -2.18. The summed E-state index contributed by atoms with van der Waals surface area (Å²) in [6, 6.07) is 0.523. The number of halogens is 1. The van der Waals surface area contributed by atoms with E-state index in [0.29, 0.717) is 11.3 Å². The average molecular weight is 228 g/mol. The van der Waals surface area contributed by atoms with Crippen LogP contribution < -0.4 is 0 Å². The SMILES string of the molecule is CCC1CCC(n2c(C)nnc2Cl)CC1. The molecule has 1 heterocycles. The van der Waals surface area contributed by atoms with Gasteiger partial charge < -0.3 is 0 Å². The Morgan fingerprint density at radius 2 is 1.93 bits per heavy atom. The Kier molecular flexibility index (Phi) is 3.29. The summed E-state index contributed by atoms with van der Waals surface area (Å²) < 4.78 is 2.09. The van der Waals surface area contributed by atoms with Crippen molar-refractivity contribution >= 4 is 11.6 Å². The molecule has 1 aromatic rings. The molecule has 3 nitrogen and oxygen atoms in total. The lowest BCUT2D eigenvalue weighted by atomic mass is 9.84. The Balaban J connectivity index is 2.07. The third kappa shape index (κ3) is 2.17. The Bertz CT molecular complexity index is 307. The highest BCUT2D eigenvalue weighted by molar-refractivity contribution is 6.28. The zero-order chi connectivity index (χ0) is 10.8. The van der Waals surface area contributed by atoms with E-state index in [0.717, 1.165) is 11.7 Å². The number of hydrogen-bond donors (Lipinski definition) is 0. The van der Waals surface area contributed by atoms with Crippen molar-refractivity contribution in [1.82, 2.24) is 14.8 Å². The van der Waals surface area contributed by atoms with E-state index in [1.54, 1.807) is 0 Å². The summed E-state index contributed by atoms with van der Waals surface area (Å²) in [5.74, 6) is 1.86.